The lowest BCUT2D eigenvalue weighted by Gasteiger charge is -2.12. The highest BCUT2D eigenvalue weighted by Crippen LogP contribution is 2.18. The standard InChI is InChI=1S/C17H19N3O3/c21-16(19-11-15-6-3-7-23-15)12-8-13(10-18-9-12)17(22)20-14-4-1-2-5-14/h3,6-10,14H,1-2,4-5,11H2,(H,19,21)(H,20,22). The maximum Gasteiger partial charge on any atom is 0.253 e. The number of hydrogen-bond acceptors (Lipinski definition) is 4. The van der Waals surface area contributed by atoms with Gasteiger partial charge in [0.25, 0.3) is 11.8 Å². The molecule has 1 aliphatic carbocycles. The molecule has 1 fully saturated rings. The van der Waals surface area contributed by atoms with Crippen molar-refractivity contribution in [2.24, 2.45) is 0 Å². The minimum absolute atomic E-state index is 0.176. The van der Waals surface area contributed by atoms with E-state index in [0.29, 0.717) is 23.4 Å². The highest BCUT2D eigenvalue weighted by molar-refractivity contribution is 5.99. The van der Waals surface area contributed by atoms with E-state index in [0.717, 1.165) is 25.7 Å². The highest BCUT2D eigenvalue weighted by atomic mass is 16.3. The molecule has 2 heterocycles. The van der Waals surface area contributed by atoms with Crippen LogP contribution in [0.2, 0.25) is 0 Å². The van der Waals surface area contributed by atoms with Crippen LogP contribution >= 0.6 is 0 Å². The molecular formula is C17H19N3O3. The summed E-state index contributed by atoms with van der Waals surface area (Å²) >= 11 is 0. The summed E-state index contributed by atoms with van der Waals surface area (Å²) in [4.78, 5) is 28.4. The molecule has 0 spiro atoms. The Labute approximate surface area is 134 Å². The van der Waals surface area contributed by atoms with Gasteiger partial charge in [-0.05, 0) is 31.0 Å². The summed E-state index contributed by atoms with van der Waals surface area (Å²) in [7, 11) is 0. The Balaban J connectivity index is 1.61. The van der Waals surface area contributed by atoms with Gasteiger partial charge in [0.1, 0.15) is 5.76 Å². The smallest absolute Gasteiger partial charge is 0.253 e. The number of carbonyl (C=O) groups is 2. The van der Waals surface area contributed by atoms with Gasteiger partial charge in [0, 0.05) is 18.4 Å². The van der Waals surface area contributed by atoms with Crippen molar-refractivity contribution >= 4 is 11.8 Å². The molecular weight excluding hydrogens is 294 g/mol. The van der Waals surface area contributed by atoms with E-state index >= 15 is 0 Å². The normalized spacial score (nSPS) is 14.6. The number of nitrogens with one attached hydrogen (secondary N) is 2. The number of aromatic nitrogens is 1. The molecule has 6 nitrogen and oxygen atoms in total. The van der Waals surface area contributed by atoms with Crippen LogP contribution in [0.25, 0.3) is 0 Å². The highest BCUT2D eigenvalue weighted by Gasteiger charge is 2.19. The SMILES string of the molecule is O=C(NCc1ccco1)c1cncc(C(=O)NC2CCCC2)c1. The first-order valence-electron chi connectivity index (χ1n) is 7.79. The molecule has 0 radical (unpaired) electrons. The molecule has 1 saturated carbocycles. The lowest BCUT2D eigenvalue weighted by Crippen LogP contribution is -2.33. The van der Waals surface area contributed by atoms with Crippen LogP contribution in [0, 0.1) is 0 Å². The van der Waals surface area contributed by atoms with E-state index < -0.39 is 0 Å². The molecule has 0 saturated heterocycles. The van der Waals surface area contributed by atoms with Gasteiger partial charge in [-0.15, -0.1) is 0 Å². The van der Waals surface area contributed by atoms with Crippen molar-refractivity contribution in [3.05, 3.63) is 53.7 Å². The third-order valence-electron chi connectivity index (χ3n) is 3.96. The lowest BCUT2D eigenvalue weighted by molar-refractivity contribution is 0.0937. The van der Waals surface area contributed by atoms with Crippen LogP contribution in [0.1, 0.15) is 52.2 Å². The Kier molecular flexibility index (Phi) is 4.71. The van der Waals surface area contributed by atoms with Gasteiger partial charge in [-0.25, -0.2) is 0 Å². The second kappa shape index (κ2) is 7.09. The lowest BCUT2D eigenvalue weighted by atomic mass is 10.1. The van der Waals surface area contributed by atoms with E-state index in [4.69, 9.17) is 4.42 Å². The number of furan rings is 1. The fraction of sp³-hybridized carbons (Fsp3) is 0.353. The van der Waals surface area contributed by atoms with Gasteiger partial charge >= 0.3 is 0 Å². The van der Waals surface area contributed by atoms with Gasteiger partial charge in [-0.2, -0.15) is 0 Å². The molecule has 3 rings (SSSR count). The van der Waals surface area contributed by atoms with Crippen LogP contribution in [0.15, 0.2) is 41.3 Å². The van der Waals surface area contributed by atoms with Crippen LogP contribution in [0.3, 0.4) is 0 Å². The third-order valence-corrected chi connectivity index (χ3v) is 3.96. The van der Waals surface area contributed by atoms with Crippen LogP contribution in [-0.2, 0) is 6.54 Å². The first-order valence-corrected chi connectivity index (χ1v) is 7.79. The van der Waals surface area contributed by atoms with Gasteiger partial charge in [-0.3, -0.25) is 14.6 Å². The zero-order valence-electron chi connectivity index (χ0n) is 12.7. The number of amides is 2. The predicted molar refractivity (Wildman–Crippen MR) is 83.8 cm³/mol. The zero-order chi connectivity index (χ0) is 16.1. The largest absolute Gasteiger partial charge is 0.467 e. The first-order chi connectivity index (χ1) is 11.2. The molecule has 0 aliphatic heterocycles. The van der Waals surface area contributed by atoms with Gasteiger partial charge in [0.2, 0.25) is 0 Å². The minimum atomic E-state index is -0.288. The van der Waals surface area contributed by atoms with Crippen LogP contribution in [0.4, 0.5) is 0 Å². The second-order valence-electron chi connectivity index (χ2n) is 5.68. The van der Waals surface area contributed by atoms with Crippen molar-refractivity contribution in [2.45, 2.75) is 38.3 Å². The van der Waals surface area contributed by atoms with Crippen LogP contribution in [-0.4, -0.2) is 22.8 Å². The van der Waals surface area contributed by atoms with Crippen LogP contribution < -0.4 is 10.6 Å². The molecule has 1 aliphatic rings. The van der Waals surface area contributed by atoms with E-state index in [1.165, 1.54) is 12.4 Å². The Morgan fingerprint density at radius 1 is 1.17 bits per heavy atom. The van der Waals surface area contributed by atoms with Crippen LogP contribution in [0.5, 0.6) is 0 Å². The number of hydrogen-bond donors (Lipinski definition) is 2. The number of carbonyl (C=O) groups excluding carboxylic acids is 2. The maximum atomic E-state index is 12.2. The summed E-state index contributed by atoms with van der Waals surface area (Å²) < 4.78 is 5.16. The monoisotopic (exact) mass is 313 g/mol. The summed E-state index contributed by atoms with van der Waals surface area (Å²) in [5.74, 6) is 0.205. The molecule has 2 amide bonds. The molecule has 120 valence electrons. The van der Waals surface area contributed by atoms with Crippen molar-refractivity contribution in [1.29, 1.82) is 0 Å². The molecule has 0 atom stereocenters. The van der Waals surface area contributed by atoms with Crippen molar-refractivity contribution in [3.63, 3.8) is 0 Å². The average Bonchev–Trinajstić information content (AvgIpc) is 3.26. The number of rotatable bonds is 5. The third kappa shape index (κ3) is 3.97. The van der Waals surface area contributed by atoms with Gasteiger partial charge in [-0.1, -0.05) is 12.8 Å². The van der Waals surface area contributed by atoms with Gasteiger partial charge in [0.15, 0.2) is 0 Å². The topological polar surface area (TPSA) is 84.2 Å². The average molecular weight is 313 g/mol. The molecule has 2 aromatic heterocycles. The molecule has 0 bridgehead atoms. The first kappa shape index (κ1) is 15.3. The number of nitrogens with zero attached hydrogens (tertiary/aromatic N) is 1. The fourth-order valence-corrected chi connectivity index (χ4v) is 2.71. The van der Waals surface area contributed by atoms with Gasteiger partial charge < -0.3 is 15.1 Å². The Morgan fingerprint density at radius 3 is 2.61 bits per heavy atom. The summed E-state index contributed by atoms with van der Waals surface area (Å²) in [5.41, 5.74) is 0.762. The Morgan fingerprint density at radius 2 is 1.91 bits per heavy atom. The molecule has 23 heavy (non-hydrogen) atoms. The van der Waals surface area contributed by atoms with Crippen molar-refractivity contribution in [2.75, 3.05) is 0 Å². The Bertz CT molecular complexity index is 676. The minimum Gasteiger partial charge on any atom is -0.467 e. The van der Waals surface area contributed by atoms with E-state index in [2.05, 4.69) is 15.6 Å². The summed E-state index contributed by atoms with van der Waals surface area (Å²) in [6.07, 6.45) is 8.82. The molecule has 6 heteroatoms. The summed E-state index contributed by atoms with van der Waals surface area (Å²) in [5, 5.41) is 5.73. The van der Waals surface area contributed by atoms with E-state index in [-0.39, 0.29) is 17.9 Å². The second-order valence-corrected chi connectivity index (χ2v) is 5.68. The molecule has 2 N–H and O–H groups in total. The summed E-state index contributed by atoms with van der Waals surface area (Å²) in [6, 6.07) is 5.34. The van der Waals surface area contributed by atoms with E-state index in [1.807, 2.05) is 0 Å². The molecule has 2 aromatic rings. The number of pyridine rings is 1. The summed E-state index contributed by atoms with van der Waals surface area (Å²) in [6.45, 7) is 0.296. The molecule has 0 aromatic carbocycles. The zero-order valence-corrected chi connectivity index (χ0v) is 12.7. The van der Waals surface area contributed by atoms with Crippen molar-refractivity contribution < 1.29 is 14.0 Å². The van der Waals surface area contributed by atoms with E-state index in [1.54, 1.807) is 24.5 Å². The predicted octanol–water partition coefficient (Wildman–Crippen LogP) is 2.28. The van der Waals surface area contributed by atoms with Crippen molar-refractivity contribution in [1.82, 2.24) is 15.6 Å². The van der Waals surface area contributed by atoms with Crippen molar-refractivity contribution in [3.8, 4) is 0 Å². The fourth-order valence-electron chi connectivity index (χ4n) is 2.71. The maximum absolute atomic E-state index is 12.2. The van der Waals surface area contributed by atoms with E-state index in [9.17, 15) is 9.59 Å². The molecule has 0 unspecified atom stereocenters. The van der Waals surface area contributed by atoms with Gasteiger partial charge in [0.05, 0.1) is 23.9 Å². The Hall–Kier alpha value is -2.63. The quantitative estimate of drug-likeness (QED) is 0.887.